The fraction of sp³-hybridized carbons (Fsp3) is 0.391. The first-order valence-corrected chi connectivity index (χ1v) is 10.5. The van der Waals surface area contributed by atoms with Crippen molar-refractivity contribution in [3.8, 4) is 0 Å². The Morgan fingerprint density at radius 2 is 1.55 bits per heavy atom. The summed E-state index contributed by atoms with van der Waals surface area (Å²) >= 11 is 0. The number of rotatable bonds is 4. The van der Waals surface area contributed by atoms with E-state index in [4.69, 9.17) is 0 Å². The van der Waals surface area contributed by atoms with Crippen molar-refractivity contribution < 1.29 is 9.59 Å². The third kappa shape index (κ3) is 4.70. The van der Waals surface area contributed by atoms with E-state index in [1.54, 1.807) is 4.90 Å². The molecule has 2 N–H and O–H groups in total. The van der Waals surface area contributed by atoms with E-state index in [0.717, 1.165) is 43.0 Å². The third-order valence-corrected chi connectivity index (χ3v) is 5.71. The van der Waals surface area contributed by atoms with E-state index in [1.807, 2.05) is 48.5 Å². The van der Waals surface area contributed by atoms with Crippen molar-refractivity contribution in [2.45, 2.75) is 25.7 Å². The number of likely N-dealkylation sites (tertiary alicyclic amines) is 1. The maximum absolute atomic E-state index is 13.0. The van der Waals surface area contributed by atoms with Crippen LogP contribution < -0.4 is 15.5 Å². The third-order valence-electron chi connectivity index (χ3n) is 5.71. The van der Waals surface area contributed by atoms with Gasteiger partial charge in [-0.25, -0.2) is 4.79 Å². The van der Waals surface area contributed by atoms with Crippen LogP contribution in [0.5, 0.6) is 0 Å². The number of nitrogens with one attached hydrogen (secondary N) is 2. The summed E-state index contributed by atoms with van der Waals surface area (Å²) in [6.07, 6.45) is 4.01. The smallest absolute Gasteiger partial charge is 0.321 e. The summed E-state index contributed by atoms with van der Waals surface area (Å²) in [6, 6.07) is 17.3. The van der Waals surface area contributed by atoms with Gasteiger partial charge in [-0.1, -0.05) is 30.3 Å². The number of piperidine rings is 1. The topological polar surface area (TPSA) is 64.7 Å². The first-order chi connectivity index (χ1) is 14.2. The SMILES string of the molecule is O=C(Nc1ccccc1N1CCCC1)C1CCCN(C(=O)Nc2ccccc2)C1. The second kappa shape index (κ2) is 8.99. The number of hydrogen-bond donors (Lipinski definition) is 2. The van der Waals surface area contributed by atoms with Crippen molar-refractivity contribution in [3.05, 3.63) is 54.6 Å². The number of urea groups is 1. The summed E-state index contributed by atoms with van der Waals surface area (Å²) in [5.74, 6) is -0.203. The highest BCUT2D eigenvalue weighted by molar-refractivity contribution is 5.97. The first kappa shape index (κ1) is 19.3. The summed E-state index contributed by atoms with van der Waals surface area (Å²) in [6.45, 7) is 3.18. The summed E-state index contributed by atoms with van der Waals surface area (Å²) in [5, 5.41) is 6.04. The van der Waals surface area contributed by atoms with Crippen LogP contribution >= 0.6 is 0 Å². The fourth-order valence-electron chi connectivity index (χ4n) is 4.15. The van der Waals surface area contributed by atoms with Crippen LogP contribution in [0.2, 0.25) is 0 Å². The Labute approximate surface area is 171 Å². The molecule has 0 aromatic heterocycles. The molecule has 2 fully saturated rings. The van der Waals surface area contributed by atoms with Crippen LogP contribution in [-0.2, 0) is 4.79 Å². The van der Waals surface area contributed by atoms with Crippen molar-refractivity contribution in [1.29, 1.82) is 0 Å². The maximum Gasteiger partial charge on any atom is 0.321 e. The van der Waals surface area contributed by atoms with E-state index in [9.17, 15) is 9.59 Å². The molecule has 2 heterocycles. The van der Waals surface area contributed by atoms with Gasteiger partial charge in [0.05, 0.1) is 17.3 Å². The quantitative estimate of drug-likeness (QED) is 0.821. The highest BCUT2D eigenvalue weighted by Gasteiger charge is 2.29. The molecule has 2 aliphatic heterocycles. The minimum absolute atomic E-state index is 0.00569. The molecule has 2 aromatic rings. The lowest BCUT2D eigenvalue weighted by Gasteiger charge is -2.32. The molecule has 0 radical (unpaired) electrons. The van der Waals surface area contributed by atoms with Crippen LogP contribution in [0.3, 0.4) is 0 Å². The lowest BCUT2D eigenvalue weighted by molar-refractivity contribution is -0.121. The summed E-state index contributed by atoms with van der Waals surface area (Å²) in [4.78, 5) is 29.6. The Morgan fingerprint density at radius 3 is 2.34 bits per heavy atom. The van der Waals surface area contributed by atoms with E-state index in [2.05, 4.69) is 21.6 Å². The van der Waals surface area contributed by atoms with Gasteiger partial charge in [-0.2, -0.15) is 0 Å². The largest absolute Gasteiger partial charge is 0.370 e. The summed E-state index contributed by atoms with van der Waals surface area (Å²) in [5.41, 5.74) is 2.72. The number of carbonyl (C=O) groups is 2. The Balaban J connectivity index is 1.38. The van der Waals surface area contributed by atoms with Gasteiger partial charge in [-0.05, 0) is 49.9 Å². The number of carbonyl (C=O) groups excluding carboxylic acids is 2. The Kier molecular flexibility index (Phi) is 5.98. The van der Waals surface area contributed by atoms with E-state index in [-0.39, 0.29) is 17.9 Å². The molecule has 6 heteroatoms. The predicted octanol–water partition coefficient (Wildman–Crippen LogP) is 4.17. The molecule has 0 bridgehead atoms. The van der Waals surface area contributed by atoms with Crippen LogP contribution in [-0.4, -0.2) is 43.0 Å². The molecular weight excluding hydrogens is 364 g/mol. The number of nitrogens with zero attached hydrogens (tertiary/aromatic N) is 2. The van der Waals surface area contributed by atoms with Crippen molar-refractivity contribution in [2.24, 2.45) is 5.92 Å². The number of amides is 3. The summed E-state index contributed by atoms with van der Waals surface area (Å²) in [7, 11) is 0. The second-order valence-corrected chi connectivity index (χ2v) is 7.78. The normalized spacial score (nSPS) is 19.1. The molecule has 2 aromatic carbocycles. The first-order valence-electron chi connectivity index (χ1n) is 10.5. The fourth-order valence-corrected chi connectivity index (χ4v) is 4.15. The molecule has 0 spiro atoms. The molecule has 2 aliphatic rings. The molecule has 152 valence electrons. The van der Waals surface area contributed by atoms with Crippen LogP contribution in [0.15, 0.2) is 54.6 Å². The van der Waals surface area contributed by atoms with Crippen molar-refractivity contribution in [2.75, 3.05) is 41.7 Å². The number of benzene rings is 2. The standard InChI is InChI=1S/C23H28N4O2/c28-22(25-20-12-4-5-13-21(20)26-14-6-7-15-26)18-9-8-16-27(17-18)23(29)24-19-10-2-1-3-11-19/h1-5,10-13,18H,6-9,14-17H2,(H,24,29)(H,25,28). The van der Waals surface area contributed by atoms with Gasteiger partial charge in [0.15, 0.2) is 0 Å². The summed E-state index contributed by atoms with van der Waals surface area (Å²) < 4.78 is 0. The van der Waals surface area contributed by atoms with Gasteiger partial charge < -0.3 is 20.4 Å². The molecule has 29 heavy (non-hydrogen) atoms. The predicted molar refractivity (Wildman–Crippen MR) is 116 cm³/mol. The average Bonchev–Trinajstić information content (AvgIpc) is 3.30. The second-order valence-electron chi connectivity index (χ2n) is 7.78. The number of hydrogen-bond acceptors (Lipinski definition) is 3. The highest BCUT2D eigenvalue weighted by atomic mass is 16.2. The van der Waals surface area contributed by atoms with Crippen molar-refractivity contribution >= 4 is 29.0 Å². The zero-order chi connectivity index (χ0) is 20.1. The maximum atomic E-state index is 13.0. The van der Waals surface area contributed by atoms with E-state index in [1.165, 1.54) is 12.8 Å². The molecule has 6 nitrogen and oxygen atoms in total. The van der Waals surface area contributed by atoms with E-state index in [0.29, 0.717) is 13.1 Å². The lowest BCUT2D eigenvalue weighted by atomic mass is 9.97. The molecule has 3 amide bonds. The van der Waals surface area contributed by atoms with Crippen LogP contribution in [0, 0.1) is 5.92 Å². The average molecular weight is 393 g/mol. The molecule has 1 atom stereocenters. The molecule has 0 aliphatic carbocycles. The zero-order valence-electron chi connectivity index (χ0n) is 16.6. The van der Waals surface area contributed by atoms with Gasteiger partial charge in [0.25, 0.3) is 0 Å². The van der Waals surface area contributed by atoms with Crippen LogP contribution in [0.25, 0.3) is 0 Å². The van der Waals surface area contributed by atoms with Crippen molar-refractivity contribution in [1.82, 2.24) is 4.90 Å². The highest BCUT2D eigenvalue weighted by Crippen LogP contribution is 2.29. The molecule has 1 unspecified atom stereocenters. The molecular formula is C23H28N4O2. The van der Waals surface area contributed by atoms with Gasteiger partial charge in [0, 0.05) is 31.9 Å². The Bertz CT molecular complexity index is 849. The van der Waals surface area contributed by atoms with Gasteiger partial charge >= 0.3 is 6.03 Å². The number of para-hydroxylation sites is 3. The van der Waals surface area contributed by atoms with Crippen LogP contribution in [0.4, 0.5) is 21.9 Å². The van der Waals surface area contributed by atoms with Crippen molar-refractivity contribution in [3.63, 3.8) is 0 Å². The number of anilines is 3. The lowest BCUT2D eigenvalue weighted by Crippen LogP contribution is -2.45. The minimum Gasteiger partial charge on any atom is -0.370 e. The zero-order valence-corrected chi connectivity index (χ0v) is 16.6. The van der Waals surface area contributed by atoms with Gasteiger partial charge in [-0.3, -0.25) is 4.79 Å². The van der Waals surface area contributed by atoms with Gasteiger partial charge in [0.1, 0.15) is 0 Å². The van der Waals surface area contributed by atoms with E-state index < -0.39 is 0 Å². The minimum atomic E-state index is -0.197. The van der Waals surface area contributed by atoms with E-state index >= 15 is 0 Å². The molecule has 0 saturated carbocycles. The molecule has 2 saturated heterocycles. The van der Waals surface area contributed by atoms with Gasteiger partial charge in [-0.15, -0.1) is 0 Å². The van der Waals surface area contributed by atoms with Crippen LogP contribution in [0.1, 0.15) is 25.7 Å². The molecule has 4 rings (SSSR count). The van der Waals surface area contributed by atoms with Gasteiger partial charge in [0.2, 0.25) is 5.91 Å². The Hall–Kier alpha value is -3.02. The Morgan fingerprint density at radius 1 is 0.828 bits per heavy atom. The monoisotopic (exact) mass is 392 g/mol.